The third-order valence-electron chi connectivity index (χ3n) is 2.63. The Kier molecular flexibility index (Phi) is 4.02. The molecule has 2 N–H and O–H groups in total. The lowest BCUT2D eigenvalue weighted by Gasteiger charge is -2.11. The van der Waals surface area contributed by atoms with Gasteiger partial charge in [0, 0.05) is 0 Å². The van der Waals surface area contributed by atoms with Crippen molar-refractivity contribution in [2.45, 2.75) is 39.2 Å². The van der Waals surface area contributed by atoms with Crippen molar-refractivity contribution in [1.82, 2.24) is 5.32 Å². The van der Waals surface area contributed by atoms with Crippen LogP contribution in [-0.2, 0) is 0 Å². The smallest absolute Gasteiger partial charge is 0.0524 e. The fraction of sp³-hybridized carbons (Fsp3) is 1.00. The summed E-state index contributed by atoms with van der Waals surface area (Å²) in [4.78, 5) is 0. The summed E-state index contributed by atoms with van der Waals surface area (Å²) in [6, 6.07) is 0. The third kappa shape index (κ3) is 4.07. The topological polar surface area (TPSA) is 32.3 Å². The molecule has 1 aliphatic rings. The molecular formula is C10H21NO. The van der Waals surface area contributed by atoms with Crippen molar-refractivity contribution in [2.24, 2.45) is 11.8 Å². The van der Waals surface area contributed by atoms with Gasteiger partial charge in [0.1, 0.15) is 0 Å². The highest BCUT2D eigenvalue weighted by Crippen LogP contribution is 2.35. The number of rotatable bonds is 6. The van der Waals surface area contributed by atoms with Gasteiger partial charge < -0.3 is 10.4 Å². The summed E-state index contributed by atoms with van der Waals surface area (Å²) in [6.45, 7) is 6.23. The maximum atomic E-state index is 9.00. The van der Waals surface area contributed by atoms with E-state index in [0.717, 1.165) is 31.3 Å². The lowest BCUT2D eigenvalue weighted by molar-refractivity contribution is 0.183. The van der Waals surface area contributed by atoms with E-state index in [4.69, 9.17) is 5.11 Å². The largest absolute Gasteiger partial charge is 0.393 e. The lowest BCUT2D eigenvalue weighted by Crippen LogP contribution is -2.25. The molecule has 0 aromatic carbocycles. The molecule has 2 heteroatoms. The molecule has 0 heterocycles. The molecule has 0 amide bonds. The summed E-state index contributed by atoms with van der Waals surface area (Å²) in [5, 5.41) is 12.4. The standard InChI is InChI=1S/C10H21NO/c1-8(10-3-4-10)7-11-6-5-9(2)12/h8-12H,3-7H2,1-2H3. The van der Waals surface area contributed by atoms with Crippen LogP contribution in [0.5, 0.6) is 0 Å². The number of aliphatic hydroxyl groups excluding tert-OH is 1. The highest BCUT2D eigenvalue weighted by Gasteiger charge is 2.27. The summed E-state index contributed by atoms with van der Waals surface area (Å²) in [7, 11) is 0. The molecule has 0 aromatic heterocycles. The zero-order valence-corrected chi connectivity index (χ0v) is 8.21. The van der Waals surface area contributed by atoms with Crippen molar-refractivity contribution in [3.8, 4) is 0 Å². The molecule has 0 spiro atoms. The molecule has 2 nitrogen and oxygen atoms in total. The van der Waals surface area contributed by atoms with Gasteiger partial charge in [0.15, 0.2) is 0 Å². The summed E-state index contributed by atoms with van der Waals surface area (Å²) in [5.74, 6) is 1.82. The Morgan fingerprint density at radius 2 is 2.08 bits per heavy atom. The monoisotopic (exact) mass is 171 g/mol. The van der Waals surface area contributed by atoms with E-state index >= 15 is 0 Å². The van der Waals surface area contributed by atoms with Gasteiger partial charge in [-0.15, -0.1) is 0 Å². The van der Waals surface area contributed by atoms with Gasteiger partial charge in [0.25, 0.3) is 0 Å². The van der Waals surface area contributed by atoms with Crippen LogP contribution in [-0.4, -0.2) is 24.3 Å². The maximum absolute atomic E-state index is 9.00. The minimum absolute atomic E-state index is 0.159. The minimum Gasteiger partial charge on any atom is -0.393 e. The molecular weight excluding hydrogens is 150 g/mol. The number of hydrogen-bond acceptors (Lipinski definition) is 2. The molecule has 0 radical (unpaired) electrons. The molecule has 1 aliphatic carbocycles. The average Bonchev–Trinajstić information content (AvgIpc) is 2.79. The molecule has 1 rings (SSSR count). The van der Waals surface area contributed by atoms with Crippen LogP contribution in [0.25, 0.3) is 0 Å². The molecule has 1 fully saturated rings. The zero-order valence-electron chi connectivity index (χ0n) is 8.21. The zero-order chi connectivity index (χ0) is 8.97. The van der Waals surface area contributed by atoms with Gasteiger partial charge in [0.05, 0.1) is 6.10 Å². The molecule has 72 valence electrons. The second-order valence-corrected chi connectivity index (χ2v) is 4.16. The molecule has 2 unspecified atom stereocenters. The van der Waals surface area contributed by atoms with E-state index in [9.17, 15) is 0 Å². The van der Waals surface area contributed by atoms with Crippen LogP contribution >= 0.6 is 0 Å². The van der Waals surface area contributed by atoms with E-state index in [0.29, 0.717) is 0 Å². The van der Waals surface area contributed by atoms with Crippen molar-refractivity contribution in [2.75, 3.05) is 13.1 Å². The van der Waals surface area contributed by atoms with E-state index in [1.54, 1.807) is 0 Å². The Bertz CT molecular complexity index is 121. The first-order valence-corrected chi connectivity index (χ1v) is 5.09. The summed E-state index contributed by atoms with van der Waals surface area (Å²) in [6.07, 6.45) is 3.57. The van der Waals surface area contributed by atoms with Crippen LogP contribution in [0.3, 0.4) is 0 Å². The summed E-state index contributed by atoms with van der Waals surface area (Å²) >= 11 is 0. The lowest BCUT2D eigenvalue weighted by atomic mass is 10.1. The second-order valence-electron chi connectivity index (χ2n) is 4.16. The van der Waals surface area contributed by atoms with E-state index in [2.05, 4.69) is 12.2 Å². The Morgan fingerprint density at radius 3 is 2.58 bits per heavy atom. The van der Waals surface area contributed by atoms with E-state index in [-0.39, 0.29) is 6.10 Å². The van der Waals surface area contributed by atoms with Gasteiger partial charge in [-0.05, 0) is 51.1 Å². The first-order chi connectivity index (χ1) is 5.70. The van der Waals surface area contributed by atoms with Crippen molar-refractivity contribution in [3.63, 3.8) is 0 Å². The second kappa shape index (κ2) is 4.83. The van der Waals surface area contributed by atoms with Gasteiger partial charge in [-0.3, -0.25) is 0 Å². The molecule has 1 saturated carbocycles. The van der Waals surface area contributed by atoms with Gasteiger partial charge in [-0.2, -0.15) is 0 Å². The fourth-order valence-electron chi connectivity index (χ4n) is 1.47. The fourth-order valence-corrected chi connectivity index (χ4v) is 1.47. The predicted octanol–water partition coefficient (Wildman–Crippen LogP) is 1.39. The van der Waals surface area contributed by atoms with Crippen molar-refractivity contribution < 1.29 is 5.11 Å². The van der Waals surface area contributed by atoms with Gasteiger partial charge in [-0.1, -0.05) is 6.92 Å². The Hall–Kier alpha value is -0.0800. The van der Waals surface area contributed by atoms with Crippen molar-refractivity contribution >= 4 is 0 Å². The Morgan fingerprint density at radius 1 is 1.42 bits per heavy atom. The molecule has 0 aliphatic heterocycles. The van der Waals surface area contributed by atoms with Crippen LogP contribution in [0.15, 0.2) is 0 Å². The first kappa shape index (κ1) is 10.0. The average molecular weight is 171 g/mol. The number of hydrogen-bond donors (Lipinski definition) is 2. The summed E-state index contributed by atoms with van der Waals surface area (Å²) in [5.41, 5.74) is 0. The van der Waals surface area contributed by atoms with Crippen LogP contribution in [0.1, 0.15) is 33.1 Å². The summed E-state index contributed by atoms with van der Waals surface area (Å²) < 4.78 is 0. The van der Waals surface area contributed by atoms with Crippen LogP contribution in [0.4, 0.5) is 0 Å². The number of aliphatic hydroxyl groups is 1. The van der Waals surface area contributed by atoms with Gasteiger partial charge in [0.2, 0.25) is 0 Å². The molecule has 0 aromatic rings. The first-order valence-electron chi connectivity index (χ1n) is 5.09. The third-order valence-corrected chi connectivity index (χ3v) is 2.63. The minimum atomic E-state index is -0.159. The molecule has 2 atom stereocenters. The predicted molar refractivity (Wildman–Crippen MR) is 51.1 cm³/mol. The SMILES string of the molecule is CC(O)CCNCC(C)C1CC1. The van der Waals surface area contributed by atoms with Crippen LogP contribution in [0.2, 0.25) is 0 Å². The highest BCUT2D eigenvalue weighted by molar-refractivity contribution is 4.79. The molecule has 0 bridgehead atoms. The van der Waals surface area contributed by atoms with Crippen molar-refractivity contribution in [1.29, 1.82) is 0 Å². The van der Waals surface area contributed by atoms with Crippen molar-refractivity contribution in [3.05, 3.63) is 0 Å². The molecule has 12 heavy (non-hydrogen) atoms. The quantitative estimate of drug-likeness (QED) is 0.592. The van der Waals surface area contributed by atoms with E-state index in [1.165, 1.54) is 12.8 Å². The van der Waals surface area contributed by atoms with Crippen LogP contribution < -0.4 is 5.32 Å². The molecule has 0 saturated heterocycles. The highest BCUT2D eigenvalue weighted by atomic mass is 16.3. The van der Waals surface area contributed by atoms with E-state index < -0.39 is 0 Å². The van der Waals surface area contributed by atoms with E-state index in [1.807, 2.05) is 6.92 Å². The van der Waals surface area contributed by atoms with Gasteiger partial charge >= 0.3 is 0 Å². The Labute approximate surface area is 75.4 Å². The normalized spacial score (nSPS) is 22.2. The maximum Gasteiger partial charge on any atom is 0.0524 e. The van der Waals surface area contributed by atoms with Gasteiger partial charge in [-0.25, -0.2) is 0 Å². The Balaban J connectivity index is 1.87. The number of nitrogens with one attached hydrogen (secondary N) is 1. The van der Waals surface area contributed by atoms with Crippen LogP contribution in [0, 0.1) is 11.8 Å².